The number of rotatable bonds is 10. The molecule has 0 fully saturated rings. The number of nitrogens with one attached hydrogen (secondary N) is 2. The second-order valence-corrected chi connectivity index (χ2v) is 4.03. The molecular formula is C12H29N5O. The molecule has 4 N–H and O–H groups in total. The zero-order valence-electron chi connectivity index (χ0n) is 12.0. The van der Waals surface area contributed by atoms with Crippen LogP contribution < -0.4 is 16.6 Å². The van der Waals surface area contributed by atoms with Crippen LogP contribution in [0.3, 0.4) is 0 Å². The quantitative estimate of drug-likeness (QED) is 0.171. The van der Waals surface area contributed by atoms with Gasteiger partial charge in [0.1, 0.15) is 0 Å². The number of aliphatic imine (C=N–C) groups is 1. The molecule has 0 saturated heterocycles. The molecule has 0 rings (SSSR count). The molecule has 0 unspecified atom stereocenters. The fourth-order valence-electron chi connectivity index (χ4n) is 1.60. The molecule has 0 heterocycles. The van der Waals surface area contributed by atoms with Crippen LogP contribution >= 0.6 is 0 Å². The van der Waals surface area contributed by atoms with E-state index < -0.39 is 0 Å². The van der Waals surface area contributed by atoms with Gasteiger partial charge in [-0.15, -0.1) is 0 Å². The summed E-state index contributed by atoms with van der Waals surface area (Å²) in [5, 5.41) is 3.20. The number of hydrazine groups is 1. The van der Waals surface area contributed by atoms with Crippen LogP contribution in [0.15, 0.2) is 4.99 Å². The molecule has 0 aromatic heterocycles. The van der Waals surface area contributed by atoms with E-state index in [4.69, 9.17) is 10.6 Å². The van der Waals surface area contributed by atoms with Crippen molar-refractivity contribution in [3.8, 4) is 0 Å². The van der Waals surface area contributed by atoms with Crippen molar-refractivity contribution in [2.75, 3.05) is 46.4 Å². The van der Waals surface area contributed by atoms with Crippen molar-refractivity contribution in [1.29, 1.82) is 0 Å². The summed E-state index contributed by atoms with van der Waals surface area (Å²) in [6.45, 7) is 9.99. The summed E-state index contributed by atoms with van der Waals surface area (Å²) in [6.07, 6.45) is 1.99. The number of guanidine groups is 1. The Kier molecular flexibility index (Phi) is 12.0. The van der Waals surface area contributed by atoms with E-state index in [2.05, 4.69) is 34.5 Å². The first-order chi connectivity index (χ1) is 8.78. The molecule has 0 radical (unpaired) electrons. The Bertz CT molecular complexity index is 207. The van der Waals surface area contributed by atoms with Gasteiger partial charge in [-0.3, -0.25) is 10.4 Å². The number of hydrogen-bond donors (Lipinski definition) is 3. The van der Waals surface area contributed by atoms with E-state index in [9.17, 15) is 0 Å². The van der Waals surface area contributed by atoms with E-state index >= 15 is 0 Å². The van der Waals surface area contributed by atoms with Crippen LogP contribution in [0.4, 0.5) is 0 Å². The zero-order valence-corrected chi connectivity index (χ0v) is 12.0. The molecule has 108 valence electrons. The smallest absolute Gasteiger partial charge is 0.205 e. The Hall–Kier alpha value is -0.850. The van der Waals surface area contributed by atoms with Crippen molar-refractivity contribution >= 4 is 5.96 Å². The molecule has 0 aromatic carbocycles. The van der Waals surface area contributed by atoms with Crippen LogP contribution in [-0.2, 0) is 4.74 Å². The van der Waals surface area contributed by atoms with Gasteiger partial charge in [0.2, 0.25) is 5.96 Å². The van der Waals surface area contributed by atoms with Gasteiger partial charge in [-0.2, -0.15) is 0 Å². The summed E-state index contributed by atoms with van der Waals surface area (Å²) in [4.78, 5) is 6.71. The second-order valence-electron chi connectivity index (χ2n) is 4.03. The van der Waals surface area contributed by atoms with Crippen molar-refractivity contribution in [2.24, 2.45) is 10.8 Å². The normalized spacial score (nSPS) is 11.9. The molecule has 0 amide bonds. The van der Waals surface area contributed by atoms with Crippen molar-refractivity contribution in [3.63, 3.8) is 0 Å². The average Bonchev–Trinajstić information content (AvgIpc) is 2.41. The van der Waals surface area contributed by atoms with Crippen LogP contribution in [0.25, 0.3) is 0 Å². The lowest BCUT2D eigenvalue weighted by atomic mass is 10.3. The first-order valence-electron chi connectivity index (χ1n) is 6.74. The molecule has 0 aliphatic rings. The molecular weight excluding hydrogens is 230 g/mol. The molecule has 0 bridgehead atoms. The minimum absolute atomic E-state index is 0.658. The Labute approximate surface area is 111 Å². The lowest BCUT2D eigenvalue weighted by Gasteiger charge is -2.18. The van der Waals surface area contributed by atoms with Gasteiger partial charge in [0, 0.05) is 26.8 Å². The van der Waals surface area contributed by atoms with Crippen LogP contribution in [0.1, 0.15) is 26.7 Å². The Morgan fingerprint density at radius 1 is 1.28 bits per heavy atom. The summed E-state index contributed by atoms with van der Waals surface area (Å²) >= 11 is 0. The minimum Gasteiger partial charge on any atom is -0.385 e. The maximum atomic E-state index is 5.40. The van der Waals surface area contributed by atoms with Gasteiger partial charge >= 0.3 is 0 Å². The van der Waals surface area contributed by atoms with Crippen molar-refractivity contribution < 1.29 is 4.74 Å². The summed E-state index contributed by atoms with van der Waals surface area (Å²) in [5.41, 5.74) is 2.58. The third-order valence-electron chi connectivity index (χ3n) is 2.75. The van der Waals surface area contributed by atoms with E-state index in [0.29, 0.717) is 5.96 Å². The highest BCUT2D eigenvalue weighted by Gasteiger charge is 1.99. The number of ether oxygens (including phenoxy) is 1. The van der Waals surface area contributed by atoms with Crippen LogP contribution in [-0.4, -0.2) is 57.3 Å². The Balaban J connectivity index is 3.66. The minimum atomic E-state index is 0.658. The lowest BCUT2D eigenvalue weighted by molar-refractivity contribution is 0.197. The fraction of sp³-hybridized carbons (Fsp3) is 0.917. The number of methoxy groups -OCH3 is 1. The highest BCUT2D eigenvalue weighted by molar-refractivity contribution is 5.79. The molecule has 0 spiro atoms. The maximum Gasteiger partial charge on any atom is 0.205 e. The van der Waals surface area contributed by atoms with Gasteiger partial charge in [0.05, 0.1) is 0 Å². The highest BCUT2D eigenvalue weighted by atomic mass is 16.5. The van der Waals surface area contributed by atoms with Gasteiger partial charge in [0.25, 0.3) is 0 Å². The van der Waals surface area contributed by atoms with Gasteiger partial charge in [-0.1, -0.05) is 13.8 Å². The SMILES string of the molecule is CCN(CC)CCCNC(=NCCCOC)NN. The fourth-order valence-corrected chi connectivity index (χ4v) is 1.60. The summed E-state index contributed by atoms with van der Waals surface area (Å²) in [7, 11) is 1.69. The Morgan fingerprint density at radius 3 is 2.56 bits per heavy atom. The third-order valence-corrected chi connectivity index (χ3v) is 2.75. The lowest BCUT2D eigenvalue weighted by Crippen LogP contribution is -2.42. The van der Waals surface area contributed by atoms with E-state index in [1.54, 1.807) is 7.11 Å². The molecule has 0 saturated carbocycles. The zero-order chi connectivity index (χ0) is 13.6. The molecule has 0 aliphatic heterocycles. The highest BCUT2D eigenvalue weighted by Crippen LogP contribution is 1.89. The predicted molar refractivity (Wildman–Crippen MR) is 76.5 cm³/mol. The third kappa shape index (κ3) is 9.21. The van der Waals surface area contributed by atoms with E-state index in [1.807, 2.05) is 0 Å². The largest absolute Gasteiger partial charge is 0.385 e. The number of nitrogens with zero attached hydrogens (tertiary/aromatic N) is 2. The molecule has 0 atom stereocenters. The van der Waals surface area contributed by atoms with Crippen LogP contribution in [0.2, 0.25) is 0 Å². The standard InChI is InChI=1S/C12H29N5O/c1-4-17(5-2)10-6-8-14-12(16-13)15-9-7-11-18-3/h4-11,13H2,1-3H3,(H2,14,15,16). The Morgan fingerprint density at radius 2 is 2.00 bits per heavy atom. The van der Waals surface area contributed by atoms with Gasteiger partial charge in [-0.25, -0.2) is 5.84 Å². The molecule has 0 aliphatic carbocycles. The monoisotopic (exact) mass is 259 g/mol. The molecule has 0 aromatic rings. The summed E-state index contributed by atoms with van der Waals surface area (Å²) in [5.74, 6) is 6.05. The van der Waals surface area contributed by atoms with Gasteiger partial charge in [0.15, 0.2) is 0 Å². The predicted octanol–water partition coefficient (Wildman–Crippen LogP) is 0.164. The second kappa shape index (κ2) is 12.6. The molecule has 18 heavy (non-hydrogen) atoms. The summed E-state index contributed by atoms with van der Waals surface area (Å²) < 4.78 is 4.96. The van der Waals surface area contributed by atoms with E-state index in [0.717, 1.165) is 52.2 Å². The van der Waals surface area contributed by atoms with Crippen molar-refractivity contribution in [1.82, 2.24) is 15.6 Å². The first kappa shape index (κ1) is 17.2. The van der Waals surface area contributed by atoms with Gasteiger partial charge in [-0.05, 0) is 32.5 Å². The molecule has 6 heteroatoms. The van der Waals surface area contributed by atoms with Gasteiger partial charge < -0.3 is 15.0 Å². The topological polar surface area (TPSA) is 74.9 Å². The first-order valence-corrected chi connectivity index (χ1v) is 6.74. The van der Waals surface area contributed by atoms with Crippen LogP contribution in [0, 0.1) is 0 Å². The molecule has 6 nitrogen and oxygen atoms in total. The summed E-state index contributed by atoms with van der Waals surface area (Å²) in [6, 6.07) is 0. The average molecular weight is 259 g/mol. The van der Waals surface area contributed by atoms with E-state index in [-0.39, 0.29) is 0 Å². The van der Waals surface area contributed by atoms with Crippen molar-refractivity contribution in [3.05, 3.63) is 0 Å². The van der Waals surface area contributed by atoms with Crippen molar-refractivity contribution in [2.45, 2.75) is 26.7 Å². The number of hydrogen-bond acceptors (Lipinski definition) is 4. The van der Waals surface area contributed by atoms with E-state index in [1.165, 1.54) is 0 Å². The number of nitrogens with two attached hydrogens (primary N) is 1. The maximum absolute atomic E-state index is 5.40. The van der Waals surface area contributed by atoms with Crippen LogP contribution in [0.5, 0.6) is 0 Å².